The van der Waals surface area contributed by atoms with Gasteiger partial charge in [0.15, 0.2) is 6.54 Å². The summed E-state index contributed by atoms with van der Waals surface area (Å²) in [4.78, 5) is 13.2. The fourth-order valence-electron chi connectivity index (χ4n) is 2.52. The van der Waals surface area contributed by atoms with Crippen molar-refractivity contribution in [2.24, 2.45) is 5.92 Å². The second-order valence-electron chi connectivity index (χ2n) is 6.04. The lowest BCUT2D eigenvalue weighted by molar-refractivity contribution is -0.885. The first kappa shape index (κ1) is 15.8. The molecule has 1 aromatic rings. The quantitative estimate of drug-likeness (QED) is 0.829. The first-order valence-electron chi connectivity index (χ1n) is 7.21. The van der Waals surface area contributed by atoms with Gasteiger partial charge in [-0.25, -0.2) is 0 Å². The van der Waals surface area contributed by atoms with E-state index in [1.807, 2.05) is 38.2 Å². The van der Waals surface area contributed by atoms with Crippen molar-refractivity contribution in [2.75, 3.05) is 13.6 Å². The molecular weight excluding hydrogens is 286 g/mol. The highest BCUT2D eigenvalue weighted by Gasteiger charge is 2.43. The Labute approximate surface area is 130 Å². The maximum absolute atomic E-state index is 12.1. The molecule has 0 aromatic heterocycles. The Bertz CT molecular complexity index is 565. The number of nitrogens with one attached hydrogen (secondary N) is 2. The SMILES string of the molecule is C[NH+](CC(=O)N[C@@](C)(C#N)C1CC1)Cc1ccccc1Cl. The van der Waals surface area contributed by atoms with Crippen LogP contribution in [0, 0.1) is 17.2 Å². The second-order valence-corrected chi connectivity index (χ2v) is 6.45. The van der Waals surface area contributed by atoms with Gasteiger partial charge < -0.3 is 10.2 Å². The van der Waals surface area contributed by atoms with Crippen LogP contribution in [0.2, 0.25) is 5.02 Å². The van der Waals surface area contributed by atoms with Crippen molar-refractivity contribution in [3.63, 3.8) is 0 Å². The summed E-state index contributed by atoms with van der Waals surface area (Å²) in [6.45, 7) is 2.82. The van der Waals surface area contributed by atoms with E-state index >= 15 is 0 Å². The molecule has 0 spiro atoms. The molecule has 0 aliphatic heterocycles. The predicted molar refractivity (Wildman–Crippen MR) is 81.8 cm³/mol. The summed E-state index contributed by atoms with van der Waals surface area (Å²) in [7, 11) is 1.95. The Kier molecular flexibility index (Phi) is 4.87. The van der Waals surface area contributed by atoms with Crippen LogP contribution in [0.5, 0.6) is 0 Å². The number of carbonyl (C=O) groups excluding carboxylic acids is 1. The van der Waals surface area contributed by atoms with Gasteiger partial charge in [0.2, 0.25) is 0 Å². The summed E-state index contributed by atoms with van der Waals surface area (Å²) in [5.41, 5.74) is 0.302. The molecule has 2 N–H and O–H groups in total. The Morgan fingerprint density at radius 3 is 2.76 bits per heavy atom. The Morgan fingerprint density at radius 2 is 2.19 bits per heavy atom. The minimum atomic E-state index is -0.720. The summed E-state index contributed by atoms with van der Waals surface area (Å²) in [6.07, 6.45) is 2.04. The number of nitriles is 1. The van der Waals surface area contributed by atoms with E-state index in [0.717, 1.165) is 28.3 Å². The van der Waals surface area contributed by atoms with Gasteiger partial charge in [-0.05, 0) is 31.7 Å². The molecule has 1 aromatic carbocycles. The summed E-state index contributed by atoms with van der Waals surface area (Å²) < 4.78 is 0. The van der Waals surface area contributed by atoms with Gasteiger partial charge in [-0.15, -0.1) is 0 Å². The predicted octanol–water partition coefficient (Wildman–Crippen LogP) is 1.16. The second kappa shape index (κ2) is 6.46. The number of quaternary nitrogens is 1. The van der Waals surface area contributed by atoms with Crippen molar-refractivity contribution < 1.29 is 9.69 Å². The molecule has 0 radical (unpaired) electrons. The van der Waals surface area contributed by atoms with Crippen molar-refractivity contribution in [3.05, 3.63) is 34.9 Å². The lowest BCUT2D eigenvalue weighted by Gasteiger charge is -2.23. The van der Waals surface area contributed by atoms with Crippen LogP contribution < -0.4 is 10.2 Å². The molecule has 2 atom stereocenters. The van der Waals surface area contributed by atoms with Crippen molar-refractivity contribution >= 4 is 17.5 Å². The molecule has 1 saturated carbocycles. The van der Waals surface area contributed by atoms with E-state index in [4.69, 9.17) is 11.6 Å². The topological polar surface area (TPSA) is 57.3 Å². The summed E-state index contributed by atoms with van der Waals surface area (Å²) in [5, 5.41) is 12.9. The molecule has 1 fully saturated rings. The number of halogens is 1. The summed E-state index contributed by atoms with van der Waals surface area (Å²) in [5.74, 6) is 0.214. The molecule has 0 saturated heterocycles. The molecule has 0 bridgehead atoms. The zero-order valence-electron chi connectivity index (χ0n) is 12.4. The third-order valence-electron chi connectivity index (χ3n) is 3.94. The fourth-order valence-corrected chi connectivity index (χ4v) is 2.72. The molecule has 1 amide bonds. The third kappa shape index (κ3) is 4.20. The van der Waals surface area contributed by atoms with E-state index < -0.39 is 5.54 Å². The molecule has 1 aliphatic carbocycles. The minimum Gasteiger partial charge on any atom is -0.333 e. The van der Waals surface area contributed by atoms with Gasteiger partial charge >= 0.3 is 0 Å². The Morgan fingerprint density at radius 1 is 1.52 bits per heavy atom. The van der Waals surface area contributed by atoms with Crippen LogP contribution in [-0.4, -0.2) is 25.0 Å². The standard InChI is InChI=1S/C16H20ClN3O/c1-16(11-18,13-7-8-13)19-15(21)10-20(2)9-12-5-3-4-6-14(12)17/h3-6,13H,7-10H2,1-2H3,(H,19,21)/p+1/t16-/m0/s1. The number of nitrogens with zero attached hydrogens (tertiary/aromatic N) is 1. The van der Waals surface area contributed by atoms with Crippen molar-refractivity contribution in [3.8, 4) is 6.07 Å². The van der Waals surface area contributed by atoms with Crippen LogP contribution in [0.1, 0.15) is 25.3 Å². The highest BCUT2D eigenvalue weighted by atomic mass is 35.5. The highest BCUT2D eigenvalue weighted by Crippen LogP contribution is 2.39. The number of likely N-dealkylation sites (N-methyl/N-ethyl adjacent to an activating group) is 1. The Balaban J connectivity index is 1.88. The van der Waals surface area contributed by atoms with E-state index in [-0.39, 0.29) is 5.91 Å². The molecular formula is C16H21ClN3O+. The largest absolute Gasteiger partial charge is 0.333 e. The van der Waals surface area contributed by atoms with Gasteiger partial charge in [0, 0.05) is 10.6 Å². The first-order chi connectivity index (χ1) is 9.94. The maximum Gasteiger partial charge on any atom is 0.276 e. The van der Waals surface area contributed by atoms with Gasteiger partial charge in [0.05, 0.1) is 13.1 Å². The van der Waals surface area contributed by atoms with E-state index in [1.54, 1.807) is 0 Å². The zero-order chi connectivity index (χ0) is 15.5. The lowest BCUT2D eigenvalue weighted by Crippen LogP contribution is -3.09. The number of hydrogen-bond donors (Lipinski definition) is 2. The lowest BCUT2D eigenvalue weighted by atomic mass is 9.98. The number of amides is 1. The maximum atomic E-state index is 12.1. The highest BCUT2D eigenvalue weighted by molar-refractivity contribution is 6.31. The molecule has 112 valence electrons. The van der Waals surface area contributed by atoms with Gasteiger partial charge in [0.1, 0.15) is 12.1 Å². The van der Waals surface area contributed by atoms with Gasteiger partial charge in [0.25, 0.3) is 5.91 Å². The number of carbonyl (C=O) groups is 1. The monoisotopic (exact) mass is 306 g/mol. The van der Waals surface area contributed by atoms with Gasteiger partial charge in [-0.2, -0.15) is 5.26 Å². The number of benzene rings is 1. The molecule has 2 rings (SSSR count). The van der Waals surface area contributed by atoms with Crippen molar-refractivity contribution in [2.45, 2.75) is 31.8 Å². The molecule has 4 nitrogen and oxygen atoms in total. The van der Waals surface area contributed by atoms with Crippen LogP contribution in [0.3, 0.4) is 0 Å². The average molecular weight is 307 g/mol. The van der Waals surface area contributed by atoms with E-state index in [0.29, 0.717) is 19.0 Å². The van der Waals surface area contributed by atoms with Gasteiger partial charge in [-0.1, -0.05) is 29.8 Å². The van der Waals surface area contributed by atoms with Crippen LogP contribution in [0.25, 0.3) is 0 Å². The summed E-state index contributed by atoms with van der Waals surface area (Å²) >= 11 is 6.13. The fraction of sp³-hybridized carbons (Fsp3) is 0.500. The molecule has 0 heterocycles. The van der Waals surface area contributed by atoms with Crippen LogP contribution in [0.15, 0.2) is 24.3 Å². The van der Waals surface area contributed by atoms with Crippen LogP contribution in [-0.2, 0) is 11.3 Å². The molecule has 1 aliphatic rings. The van der Waals surface area contributed by atoms with Crippen LogP contribution >= 0.6 is 11.6 Å². The smallest absolute Gasteiger partial charge is 0.276 e. The zero-order valence-corrected chi connectivity index (χ0v) is 13.2. The van der Waals surface area contributed by atoms with Crippen molar-refractivity contribution in [1.82, 2.24) is 5.32 Å². The molecule has 21 heavy (non-hydrogen) atoms. The van der Waals surface area contributed by atoms with Gasteiger partial charge in [-0.3, -0.25) is 4.79 Å². The van der Waals surface area contributed by atoms with E-state index in [9.17, 15) is 10.1 Å². The molecule has 1 unspecified atom stereocenters. The van der Waals surface area contributed by atoms with Crippen LogP contribution in [0.4, 0.5) is 0 Å². The summed E-state index contributed by atoms with van der Waals surface area (Å²) in [6, 6.07) is 9.89. The van der Waals surface area contributed by atoms with Crippen molar-refractivity contribution in [1.29, 1.82) is 5.26 Å². The normalized spacial score (nSPS) is 18.4. The minimum absolute atomic E-state index is 0.0875. The third-order valence-corrected chi connectivity index (χ3v) is 4.31. The number of rotatable bonds is 6. The first-order valence-corrected chi connectivity index (χ1v) is 7.59. The molecule has 5 heteroatoms. The van der Waals surface area contributed by atoms with E-state index in [1.165, 1.54) is 0 Å². The van der Waals surface area contributed by atoms with E-state index in [2.05, 4.69) is 11.4 Å². The average Bonchev–Trinajstić information content (AvgIpc) is 3.25. The number of hydrogen-bond acceptors (Lipinski definition) is 2. The Hall–Kier alpha value is -1.57.